The number of halogens is 3. The van der Waals surface area contributed by atoms with Gasteiger partial charge in [-0.15, -0.1) is 0 Å². The van der Waals surface area contributed by atoms with Gasteiger partial charge >= 0.3 is 0 Å². The first-order valence-corrected chi connectivity index (χ1v) is 7.23. The second kappa shape index (κ2) is 5.09. The first kappa shape index (κ1) is 14.7. The lowest BCUT2D eigenvalue weighted by Gasteiger charge is -2.16. The molecule has 0 aliphatic rings. The number of nitrogens with zero attached hydrogens (tertiary/aromatic N) is 1. The van der Waals surface area contributed by atoms with Crippen molar-refractivity contribution in [1.29, 1.82) is 0 Å². The van der Waals surface area contributed by atoms with E-state index in [-0.39, 0.29) is 21.7 Å². The summed E-state index contributed by atoms with van der Waals surface area (Å²) in [6.07, 6.45) is 0. The van der Waals surface area contributed by atoms with Crippen molar-refractivity contribution in [2.75, 3.05) is 19.3 Å². The maximum atomic E-state index is 13.8. The minimum Gasteiger partial charge on any atom is -0.395 e. The molecule has 17 heavy (non-hydrogen) atoms. The maximum Gasteiger partial charge on any atom is 0.245 e. The van der Waals surface area contributed by atoms with Crippen LogP contribution in [0.3, 0.4) is 0 Å². The van der Waals surface area contributed by atoms with Crippen LogP contribution in [0.5, 0.6) is 0 Å². The van der Waals surface area contributed by atoms with Gasteiger partial charge in [-0.1, -0.05) is 18.5 Å². The van der Waals surface area contributed by atoms with Crippen LogP contribution in [0.1, 0.15) is 6.92 Å². The van der Waals surface area contributed by atoms with Crippen molar-refractivity contribution in [2.45, 2.75) is 11.8 Å². The van der Waals surface area contributed by atoms with Crippen LogP contribution in [0.25, 0.3) is 0 Å². The van der Waals surface area contributed by atoms with Gasteiger partial charge in [-0.2, -0.15) is 0 Å². The average Bonchev–Trinajstić information content (AvgIpc) is 2.29. The molecule has 1 aromatic carbocycles. The monoisotopic (exact) mass is 344 g/mol. The first-order chi connectivity index (χ1) is 7.73. The largest absolute Gasteiger partial charge is 0.395 e. The fraction of sp³-hybridized carbons (Fsp3) is 0.333. The molecule has 0 bridgehead atoms. The lowest BCUT2D eigenvalue weighted by Crippen LogP contribution is -2.27. The molecule has 2 N–H and O–H groups in total. The molecule has 0 atom stereocenters. The lowest BCUT2D eigenvalue weighted by atomic mass is 10.3. The Hall–Kier alpha value is -0.370. The standard InChI is InChI=1S/C9H11BrClFN2O2S/c1-3-14(2)17(15,16)6-4-5(11)7(10)9(13)8(6)12/h4H,3,13H2,1-2H3. The second-order valence-electron chi connectivity index (χ2n) is 3.32. The van der Waals surface area contributed by atoms with Crippen molar-refractivity contribution >= 4 is 43.2 Å². The van der Waals surface area contributed by atoms with Gasteiger partial charge in [0.05, 0.1) is 15.2 Å². The number of rotatable bonds is 3. The predicted octanol–water partition coefficient (Wildman–Crippen LogP) is 2.46. The Morgan fingerprint density at radius 3 is 2.59 bits per heavy atom. The summed E-state index contributed by atoms with van der Waals surface area (Å²) in [6.45, 7) is 1.86. The van der Waals surface area contributed by atoms with Crippen molar-refractivity contribution in [3.05, 3.63) is 21.4 Å². The minimum absolute atomic E-state index is 0.0481. The zero-order valence-electron chi connectivity index (χ0n) is 9.17. The fourth-order valence-electron chi connectivity index (χ4n) is 1.13. The molecule has 0 fully saturated rings. The van der Waals surface area contributed by atoms with E-state index in [1.54, 1.807) is 6.92 Å². The molecule has 0 unspecified atom stereocenters. The van der Waals surface area contributed by atoms with Gasteiger partial charge in [0.1, 0.15) is 4.90 Å². The Kier molecular flexibility index (Phi) is 4.40. The van der Waals surface area contributed by atoms with Gasteiger partial charge in [-0.25, -0.2) is 17.1 Å². The summed E-state index contributed by atoms with van der Waals surface area (Å²) in [6, 6.07) is 1.04. The van der Waals surface area contributed by atoms with Gasteiger partial charge in [0.25, 0.3) is 0 Å². The summed E-state index contributed by atoms with van der Waals surface area (Å²) >= 11 is 8.75. The predicted molar refractivity (Wildman–Crippen MR) is 69.0 cm³/mol. The second-order valence-corrected chi connectivity index (χ2v) is 6.53. The van der Waals surface area contributed by atoms with E-state index in [4.69, 9.17) is 17.3 Å². The van der Waals surface area contributed by atoms with Gasteiger partial charge in [0.15, 0.2) is 5.82 Å². The molecule has 8 heteroatoms. The number of nitrogens with two attached hydrogens (primary N) is 1. The Bertz CT molecular complexity index is 550. The number of sulfonamides is 1. The molecular weight excluding hydrogens is 335 g/mol. The molecule has 4 nitrogen and oxygen atoms in total. The molecule has 1 aromatic rings. The molecule has 0 saturated heterocycles. The summed E-state index contributed by atoms with van der Waals surface area (Å²) in [7, 11) is -2.56. The SMILES string of the molecule is CCN(C)S(=O)(=O)c1cc(Cl)c(Br)c(N)c1F. The molecule has 96 valence electrons. The highest BCUT2D eigenvalue weighted by Gasteiger charge is 2.27. The average molecular weight is 346 g/mol. The Morgan fingerprint density at radius 1 is 1.59 bits per heavy atom. The quantitative estimate of drug-likeness (QED) is 0.676. The molecule has 0 saturated carbocycles. The molecule has 0 spiro atoms. The third-order valence-corrected chi connectivity index (χ3v) is 5.60. The first-order valence-electron chi connectivity index (χ1n) is 4.62. The molecule has 0 heterocycles. The highest BCUT2D eigenvalue weighted by molar-refractivity contribution is 9.10. The summed E-state index contributed by atoms with van der Waals surface area (Å²) in [5, 5.41) is 0.0481. The van der Waals surface area contributed by atoms with Crippen LogP contribution < -0.4 is 5.73 Å². The highest BCUT2D eigenvalue weighted by atomic mass is 79.9. The van der Waals surface area contributed by atoms with Crippen LogP contribution in [-0.4, -0.2) is 26.3 Å². The van der Waals surface area contributed by atoms with Gasteiger partial charge in [0.2, 0.25) is 10.0 Å². The minimum atomic E-state index is -3.91. The lowest BCUT2D eigenvalue weighted by molar-refractivity contribution is 0.478. The van der Waals surface area contributed by atoms with Crippen molar-refractivity contribution in [3.63, 3.8) is 0 Å². The van der Waals surface area contributed by atoms with Crippen LogP contribution >= 0.6 is 27.5 Å². The van der Waals surface area contributed by atoms with E-state index in [9.17, 15) is 12.8 Å². The van der Waals surface area contributed by atoms with E-state index in [1.165, 1.54) is 7.05 Å². The van der Waals surface area contributed by atoms with E-state index >= 15 is 0 Å². The van der Waals surface area contributed by atoms with Gasteiger partial charge in [-0.05, 0) is 22.0 Å². The zero-order chi connectivity index (χ0) is 13.4. The van der Waals surface area contributed by atoms with E-state index in [0.717, 1.165) is 10.4 Å². The van der Waals surface area contributed by atoms with Crippen LogP contribution in [0.15, 0.2) is 15.4 Å². The van der Waals surface area contributed by atoms with Crippen molar-refractivity contribution in [3.8, 4) is 0 Å². The fourth-order valence-corrected chi connectivity index (χ4v) is 2.97. The number of anilines is 1. The molecule has 0 amide bonds. The van der Waals surface area contributed by atoms with E-state index < -0.39 is 20.7 Å². The molecule has 0 aliphatic heterocycles. The normalized spacial score (nSPS) is 12.1. The third kappa shape index (κ3) is 2.57. The molecule has 0 aromatic heterocycles. The Labute approximate surface area is 113 Å². The highest BCUT2D eigenvalue weighted by Crippen LogP contribution is 2.35. The molecular formula is C9H11BrClFN2O2S. The van der Waals surface area contributed by atoms with Crippen molar-refractivity contribution < 1.29 is 12.8 Å². The third-order valence-electron chi connectivity index (χ3n) is 2.29. The van der Waals surface area contributed by atoms with E-state index in [0.29, 0.717) is 0 Å². The zero-order valence-corrected chi connectivity index (χ0v) is 12.3. The number of hydrogen-bond acceptors (Lipinski definition) is 3. The van der Waals surface area contributed by atoms with Gasteiger partial charge < -0.3 is 5.73 Å². The van der Waals surface area contributed by atoms with Crippen molar-refractivity contribution in [1.82, 2.24) is 4.31 Å². The number of hydrogen-bond donors (Lipinski definition) is 1. The van der Waals surface area contributed by atoms with Crippen molar-refractivity contribution in [2.24, 2.45) is 0 Å². The van der Waals surface area contributed by atoms with Gasteiger partial charge in [-0.3, -0.25) is 0 Å². The van der Waals surface area contributed by atoms with Crippen LogP contribution in [0.4, 0.5) is 10.1 Å². The summed E-state index contributed by atoms with van der Waals surface area (Å²) in [5.41, 5.74) is 5.11. The summed E-state index contributed by atoms with van der Waals surface area (Å²) in [5.74, 6) is -0.999. The number of nitrogen functional groups attached to an aromatic ring is 1. The Balaban J connectivity index is 3.54. The number of benzene rings is 1. The summed E-state index contributed by atoms with van der Waals surface area (Å²) < 4.78 is 38.9. The van der Waals surface area contributed by atoms with E-state index in [2.05, 4.69) is 15.9 Å². The van der Waals surface area contributed by atoms with E-state index in [1.807, 2.05) is 0 Å². The van der Waals surface area contributed by atoms with Gasteiger partial charge in [0, 0.05) is 13.6 Å². The molecule has 0 radical (unpaired) electrons. The van der Waals surface area contributed by atoms with Crippen LogP contribution in [0, 0.1) is 5.82 Å². The Morgan fingerprint density at radius 2 is 2.12 bits per heavy atom. The summed E-state index contributed by atoms with van der Waals surface area (Å²) in [4.78, 5) is -0.521. The molecule has 0 aliphatic carbocycles. The van der Waals surface area contributed by atoms with Crippen LogP contribution in [0.2, 0.25) is 5.02 Å². The maximum absolute atomic E-state index is 13.8. The van der Waals surface area contributed by atoms with Crippen LogP contribution in [-0.2, 0) is 10.0 Å². The molecule has 1 rings (SSSR count). The topological polar surface area (TPSA) is 63.4 Å². The smallest absolute Gasteiger partial charge is 0.245 e.